The van der Waals surface area contributed by atoms with Gasteiger partial charge in [0.1, 0.15) is 0 Å². The lowest BCUT2D eigenvalue weighted by atomic mass is 10.3. The van der Waals surface area contributed by atoms with Gasteiger partial charge < -0.3 is 5.32 Å². The average Bonchev–Trinajstić information content (AvgIpc) is 2.53. The van der Waals surface area contributed by atoms with E-state index in [1.807, 2.05) is 54.6 Å². The summed E-state index contributed by atoms with van der Waals surface area (Å²) in [6.45, 7) is 0. The first-order valence-corrected chi connectivity index (χ1v) is 6.62. The molecule has 6 nitrogen and oxygen atoms in total. The Morgan fingerprint density at radius 1 is 0.857 bits per heavy atom. The number of para-hydroxylation sites is 1. The van der Waals surface area contributed by atoms with Crippen molar-refractivity contribution in [3.05, 3.63) is 54.6 Å². The van der Waals surface area contributed by atoms with Crippen LogP contribution >= 0.6 is 12.2 Å². The van der Waals surface area contributed by atoms with Gasteiger partial charge in [-0.05, 0) is 48.6 Å². The molecule has 0 aromatic heterocycles. The monoisotopic (exact) mass is 301 g/mol. The van der Waals surface area contributed by atoms with Gasteiger partial charge in [0.05, 0.1) is 11.4 Å². The molecule has 0 saturated carbocycles. The first-order chi connectivity index (χ1) is 10.3. The highest BCUT2D eigenvalue weighted by Crippen LogP contribution is 2.12. The smallest absolute Gasteiger partial charge is 0.225 e. The Morgan fingerprint density at radius 2 is 1.48 bits per heavy atom. The van der Waals surface area contributed by atoms with Crippen molar-refractivity contribution in [2.24, 2.45) is 0 Å². The second-order valence-corrected chi connectivity index (χ2v) is 4.44. The standard InChI is InChI=1S/C14H15N5OS/c20-10-15-17-13-8-6-11(7-9-13)16-14(21)19-18-12-4-2-1-3-5-12/h1-10,17-18H,(H,15,20)(H2,16,19,21). The number of thiocarbonyl (C=S) groups is 1. The fourth-order valence-corrected chi connectivity index (χ4v) is 1.73. The number of rotatable bonds is 6. The Kier molecular flexibility index (Phi) is 5.36. The predicted octanol–water partition coefficient (Wildman–Crippen LogP) is 2.07. The zero-order chi connectivity index (χ0) is 14.9. The molecule has 2 aromatic rings. The SMILES string of the molecule is O=CNNc1ccc(NC(=S)NNc2ccccc2)cc1. The van der Waals surface area contributed by atoms with Gasteiger partial charge in [-0.1, -0.05) is 18.2 Å². The molecule has 0 saturated heterocycles. The van der Waals surface area contributed by atoms with Crippen LogP contribution in [0.3, 0.4) is 0 Å². The first kappa shape index (κ1) is 14.6. The highest BCUT2D eigenvalue weighted by atomic mass is 32.1. The van der Waals surface area contributed by atoms with Crippen LogP contribution in [0.1, 0.15) is 0 Å². The van der Waals surface area contributed by atoms with Crippen LogP contribution in [-0.2, 0) is 4.79 Å². The number of hydrogen-bond donors (Lipinski definition) is 5. The molecular weight excluding hydrogens is 286 g/mol. The molecule has 0 unspecified atom stereocenters. The summed E-state index contributed by atoms with van der Waals surface area (Å²) in [5.41, 5.74) is 13.5. The van der Waals surface area contributed by atoms with E-state index in [-0.39, 0.29) is 0 Å². The summed E-state index contributed by atoms with van der Waals surface area (Å²) in [5.74, 6) is 0. The predicted molar refractivity (Wildman–Crippen MR) is 88.7 cm³/mol. The Hall–Kier alpha value is -2.80. The Labute approximate surface area is 127 Å². The number of carbonyl (C=O) groups is 1. The van der Waals surface area contributed by atoms with Gasteiger partial charge in [-0.2, -0.15) is 0 Å². The van der Waals surface area contributed by atoms with E-state index in [4.69, 9.17) is 12.2 Å². The van der Waals surface area contributed by atoms with Crippen molar-refractivity contribution in [1.29, 1.82) is 0 Å². The summed E-state index contributed by atoms with van der Waals surface area (Å²) in [4.78, 5) is 10.2. The topological polar surface area (TPSA) is 77.2 Å². The van der Waals surface area contributed by atoms with E-state index in [2.05, 4.69) is 27.0 Å². The minimum absolute atomic E-state index is 0.450. The maximum absolute atomic E-state index is 10.2. The highest BCUT2D eigenvalue weighted by Gasteiger charge is 1.98. The second kappa shape index (κ2) is 7.71. The van der Waals surface area contributed by atoms with Crippen molar-refractivity contribution < 1.29 is 4.79 Å². The van der Waals surface area contributed by atoms with E-state index in [1.54, 1.807) is 0 Å². The molecular formula is C14H15N5OS. The van der Waals surface area contributed by atoms with Crippen molar-refractivity contribution in [3.8, 4) is 0 Å². The molecule has 0 heterocycles. The van der Waals surface area contributed by atoms with Crippen molar-refractivity contribution >= 4 is 40.8 Å². The van der Waals surface area contributed by atoms with E-state index in [1.165, 1.54) is 0 Å². The summed E-state index contributed by atoms with van der Waals surface area (Å²) >= 11 is 5.18. The fourth-order valence-electron chi connectivity index (χ4n) is 1.56. The minimum atomic E-state index is 0.450. The lowest BCUT2D eigenvalue weighted by molar-refractivity contribution is -0.109. The molecule has 2 rings (SSSR count). The van der Waals surface area contributed by atoms with Crippen LogP contribution in [-0.4, -0.2) is 11.5 Å². The number of hydrazine groups is 2. The van der Waals surface area contributed by atoms with Gasteiger partial charge >= 0.3 is 0 Å². The van der Waals surface area contributed by atoms with E-state index in [0.717, 1.165) is 17.1 Å². The van der Waals surface area contributed by atoms with Crippen LogP contribution in [0, 0.1) is 0 Å². The molecule has 0 aliphatic rings. The lowest BCUT2D eigenvalue weighted by Crippen LogP contribution is -2.33. The van der Waals surface area contributed by atoms with Crippen molar-refractivity contribution in [1.82, 2.24) is 10.9 Å². The van der Waals surface area contributed by atoms with E-state index >= 15 is 0 Å². The van der Waals surface area contributed by atoms with Crippen LogP contribution in [0.15, 0.2) is 54.6 Å². The summed E-state index contributed by atoms with van der Waals surface area (Å²) in [6, 6.07) is 17.0. The highest BCUT2D eigenvalue weighted by molar-refractivity contribution is 7.80. The van der Waals surface area contributed by atoms with Gasteiger partial charge in [-0.25, -0.2) is 0 Å². The first-order valence-electron chi connectivity index (χ1n) is 6.21. The third-order valence-electron chi connectivity index (χ3n) is 2.51. The van der Waals surface area contributed by atoms with Gasteiger partial charge in [0.25, 0.3) is 0 Å². The lowest BCUT2D eigenvalue weighted by Gasteiger charge is -2.13. The Balaban J connectivity index is 1.80. The van der Waals surface area contributed by atoms with Crippen molar-refractivity contribution in [3.63, 3.8) is 0 Å². The molecule has 0 spiro atoms. The fraction of sp³-hybridized carbons (Fsp3) is 0. The van der Waals surface area contributed by atoms with E-state index < -0.39 is 0 Å². The molecule has 1 amide bonds. The number of amides is 1. The molecule has 7 heteroatoms. The number of anilines is 3. The van der Waals surface area contributed by atoms with Crippen LogP contribution in [0.2, 0.25) is 0 Å². The molecule has 2 aromatic carbocycles. The summed E-state index contributed by atoms with van der Waals surface area (Å²) in [7, 11) is 0. The summed E-state index contributed by atoms with van der Waals surface area (Å²) < 4.78 is 0. The van der Waals surface area contributed by atoms with E-state index in [9.17, 15) is 4.79 Å². The third kappa shape index (κ3) is 5.00. The van der Waals surface area contributed by atoms with Crippen molar-refractivity contribution in [2.45, 2.75) is 0 Å². The zero-order valence-corrected chi connectivity index (χ0v) is 11.9. The molecule has 5 N–H and O–H groups in total. The maximum atomic E-state index is 10.2. The average molecular weight is 301 g/mol. The number of nitrogens with one attached hydrogen (secondary N) is 5. The molecule has 0 bridgehead atoms. The van der Waals surface area contributed by atoms with E-state index in [0.29, 0.717) is 11.5 Å². The Morgan fingerprint density at radius 3 is 2.14 bits per heavy atom. The van der Waals surface area contributed by atoms with Crippen LogP contribution in [0.25, 0.3) is 0 Å². The van der Waals surface area contributed by atoms with Gasteiger partial charge in [0.15, 0.2) is 5.11 Å². The molecule has 0 atom stereocenters. The maximum Gasteiger partial charge on any atom is 0.225 e. The second-order valence-electron chi connectivity index (χ2n) is 4.03. The third-order valence-corrected chi connectivity index (χ3v) is 2.72. The quantitative estimate of drug-likeness (QED) is 0.319. The minimum Gasteiger partial charge on any atom is -0.331 e. The van der Waals surface area contributed by atoms with Gasteiger partial charge in [-0.3, -0.25) is 26.5 Å². The molecule has 0 aliphatic carbocycles. The number of benzene rings is 2. The Bertz CT molecular complexity index is 588. The van der Waals surface area contributed by atoms with Gasteiger partial charge in [-0.15, -0.1) is 0 Å². The van der Waals surface area contributed by atoms with Crippen LogP contribution in [0.4, 0.5) is 17.1 Å². The van der Waals surface area contributed by atoms with Crippen LogP contribution < -0.4 is 27.0 Å². The zero-order valence-electron chi connectivity index (χ0n) is 11.1. The molecule has 21 heavy (non-hydrogen) atoms. The number of carbonyl (C=O) groups excluding carboxylic acids is 1. The normalized spacial score (nSPS) is 9.33. The summed E-state index contributed by atoms with van der Waals surface area (Å²) in [6.07, 6.45) is 0.570. The molecule has 0 radical (unpaired) electrons. The molecule has 0 fully saturated rings. The van der Waals surface area contributed by atoms with Crippen molar-refractivity contribution in [2.75, 3.05) is 16.2 Å². The van der Waals surface area contributed by atoms with Gasteiger partial charge in [0.2, 0.25) is 6.41 Å². The summed E-state index contributed by atoms with van der Waals surface area (Å²) in [5, 5.41) is 3.49. The van der Waals surface area contributed by atoms with Gasteiger partial charge in [0, 0.05) is 5.69 Å². The number of hydrogen-bond acceptors (Lipinski definition) is 4. The van der Waals surface area contributed by atoms with Crippen LogP contribution in [0.5, 0.6) is 0 Å². The molecule has 108 valence electrons. The largest absolute Gasteiger partial charge is 0.331 e. The molecule has 0 aliphatic heterocycles.